The van der Waals surface area contributed by atoms with Crippen molar-refractivity contribution < 1.29 is 4.74 Å². The fourth-order valence-electron chi connectivity index (χ4n) is 2.27. The molecule has 0 amide bonds. The lowest BCUT2D eigenvalue weighted by molar-refractivity contribution is 0.414. The summed E-state index contributed by atoms with van der Waals surface area (Å²) in [5.41, 5.74) is 1.89. The van der Waals surface area contributed by atoms with Gasteiger partial charge in [-0.1, -0.05) is 42.1 Å². The molecule has 0 aliphatic heterocycles. The van der Waals surface area contributed by atoms with E-state index >= 15 is 0 Å². The zero-order valence-electron chi connectivity index (χ0n) is 13.4. The summed E-state index contributed by atoms with van der Waals surface area (Å²) >= 11 is 1.39. The number of nitrogens with zero attached hydrogens (tertiary/aromatic N) is 4. The predicted octanol–water partition coefficient (Wildman–Crippen LogP) is 3.95. The van der Waals surface area contributed by atoms with Gasteiger partial charge in [0.05, 0.1) is 18.4 Å². The molecule has 1 heterocycles. The van der Waals surface area contributed by atoms with Gasteiger partial charge in [-0.25, -0.2) is 0 Å². The summed E-state index contributed by atoms with van der Waals surface area (Å²) in [4.78, 5) is 0. The highest BCUT2D eigenvalue weighted by Gasteiger charge is 2.18. The molecule has 6 heteroatoms. The first-order valence-corrected chi connectivity index (χ1v) is 8.32. The van der Waals surface area contributed by atoms with Gasteiger partial charge in [0.15, 0.2) is 11.0 Å². The molecule has 5 nitrogen and oxygen atoms in total. The van der Waals surface area contributed by atoms with Crippen LogP contribution in [0, 0.1) is 11.3 Å². The number of ether oxygens (including phenoxy) is 1. The number of hydrogen-bond donors (Lipinski definition) is 0. The van der Waals surface area contributed by atoms with E-state index in [4.69, 9.17) is 10.00 Å². The number of aromatic nitrogens is 3. The molecule has 2 aromatic carbocycles. The maximum absolute atomic E-state index is 9.10. The molecule has 24 heavy (non-hydrogen) atoms. The van der Waals surface area contributed by atoms with Crippen LogP contribution in [0.1, 0.15) is 6.92 Å². The van der Waals surface area contributed by atoms with Crippen molar-refractivity contribution in [3.63, 3.8) is 0 Å². The van der Waals surface area contributed by atoms with Crippen molar-refractivity contribution in [1.29, 1.82) is 5.26 Å². The molecule has 0 spiro atoms. The minimum atomic E-state index is -0.213. The van der Waals surface area contributed by atoms with Gasteiger partial charge in [-0.15, -0.1) is 10.2 Å². The predicted molar refractivity (Wildman–Crippen MR) is 94.3 cm³/mol. The lowest BCUT2D eigenvalue weighted by Crippen LogP contribution is -2.02. The maximum Gasteiger partial charge on any atom is 0.197 e. The number of rotatable bonds is 5. The van der Waals surface area contributed by atoms with Gasteiger partial charge in [0, 0.05) is 11.3 Å². The summed E-state index contributed by atoms with van der Waals surface area (Å²) < 4.78 is 7.19. The topological polar surface area (TPSA) is 63.7 Å². The van der Waals surface area contributed by atoms with Crippen LogP contribution in [0.4, 0.5) is 0 Å². The molecule has 3 rings (SSSR count). The minimum Gasteiger partial charge on any atom is -0.497 e. The molecule has 3 aromatic rings. The van der Waals surface area contributed by atoms with Gasteiger partial charge in [-0.05, 0) is 31.2 Å². The Morgan fingerprint density at radius 1 is 1.08 bits per heavy atom. The molecule has 0 unspecified atom stereocenters. The first kappa shape index (κ1) is 16.1. The van der Waals surface area contributed by atoms with Crippen LogP contribution in [-0.4, -0.2) is 27.1 Å². The maximum atomic E-state index is 9.10. The van der Waals surface area contributed by atoms with Gasteiger partial charge in [0.2, 0.25) is 0 Å². The molecule has 0 radical (unpaired) electrons. The number of benzene rings is 2. The summed E-state index contributed by atoms with van der Waals surface area (Å²) in [6.07, 6.45) is 0. The van der Waals surface area contributed by atoms with Crippen LogP contribution in [0.5, 0.6) is 5.75 Å². The largest absolute Gasteiger partial charge is 0.497 e. The Labute approximate surface area is 144 Å². The quantitative estimate of drug-likeness (QED) is 0.660. The Hall–Kier alpha value is -2.78. The fraction of sp³-hybridized carbons (Fsp3) is 0.167. The van der Waals surface area contributed by atoms with Gasteiger partial charge in [0.1, 0.15) is 5.75 Å². The third-order valence-corrected chi connectivity index (χ3v) is 4.39. The number of nitriles is 1. The smallest absolute Gasteiger partial charge is 0.197 e. The fourth-order valence-corrected chi connectivity index (χ4v) is 3.02. The second-order valence-corrected chi connectivity index (χ2v) is 6.40. The Bertz CT molecular complexity index is 853. The van der Waals surface area contributed by atoms with Crippen molar-refractivity contribution in [3.8, 4) is 28.9 Å². The van der Waals surface area contributed by atoms with E-state index in [-0.39, 0.29) is 5.25 Å². The standard InChI is InChI=1S/C18H16N4OS/c1-13(12-19)24-18-21-20-17(14-6-4-3-5-7-14)22(18)15-8-10-16(23-2)11-9-15/h3-11,13H,1-2H3/t13-/m0/s1. The monoisotopic (exact) mass is 336 g/mol. The van der Waals surface area contributed by atoms with Crippen molar-refractivity contribution in [2.24, 2.45) is 0 Å². The normalized spacial score (nSPS) is 11.7. The van der Waals surface area contributed by atoms with Crippen LogP contribution in [0.15, 0.2) is 59.8 Å². The van der Waals surface area contributed by atoms with E-state index < -0.39 is 0 Å². The number of methoxy groups -OCH3 is 1. The van der Waals surface area contributed by atoms with Crippen LogP contribution >= 0.6 is 11.8 Å². The molecular formula is C18H16N4OS. The molecule has 120 valence electrons. The van der Waals surface area contributed by atoms with E-state index in [9.17, 15) is 0 Å². The van der Waals surface area contributed by atoms with E-state index in [1.54, 1.807) is 7.11 Å². The minimum absolute atomic E-state index is 0.213. The van der Waals surface area contributed by atoms with Gasteiger partial charge < -0.3 is 4.74 Å². The highest BCUT2D eigenvalue weighted by Crippen LogP contribution is 2.30. The van der Waals surface area contributed by atoms with Gasteiger partial charge in [-0.3, -0.25) is 4.57 Å². The van der Waals surface area contributed by atoms with Gasteiger partial charge in [-0.2, -0.15) is 5.26 Å². The highest BCUT2D eigenvalue weighted by atomic mass is 32.2. The zero-order chi connectivity index (χ0) is 16.9. The van der Waals surface area contributed by atoms with Crippen molar-refractivity contribution in [3.05, 3.63) is 54.6 Å². The van der Waals surface area contributed by atoms with Crippen LogP contribution in [0.3, 0.4) is 0 Å². The molecular weight excluding hydrogens is 320 g/mol. The summed E-state index contributed by atoms with van der Waals surface area (Å²) in [6, 6.07) is 19.8. The van der Waals surface area contributed by atoms with Crippen molar-refractivity contribution >= 4 is 11.8 Å². The van der Waals surface area contributed by atoms with E-state index in [0.29, 0.717) is 5.16 Å². The van der Waals surface area contributed by atoms with Gasteiger partial charge >= 0.3 is 0 Å². The Morgan fingerprint density at radius 2 is 1.79 bits per heavy atom. The molecule has 0 saturated heterocycles. The van der Waals surface area contributed by atoms with E-state index in [1.165, 1.54) is 11.8 Å². The first-order valence-electron chi connectivity index (χ1n) is 7.44. The summed E-state index contributed by atoms with van der Waals surface area (Å²) in [7, 11) is 1.64. The van der Waals surface area contributed by atoms with E-state index in [2.05, 4.69) is 16.3 Å². The molecule has 0 aliphatic carbocycles. The lowest BCUT2D eigenvalue weighted by atomic mass is 10.2. The summed E-state index contributed by atoms with van der Waals surface area (Å²) in [5.74, 6) is 1.53. The SMILES string of the molecule is COc1ccc(-n2c(S[C@@H](C)C#N)nnc2-c2ccccc2)cc1. The molecule has 0 N–H and O–H groups in total. The van der Waals surface area contributed by atoms with E-state index in [0.717, 1.165) is 22.8 Å². The summed E-state index contributed by atoms with van der Waals surface area (Å²) in [5, 5.41) is 18.2. The number of hydrogen-bond acceptors (Lipinski definition) is 5. The average molecular weight is 336 g/mol. The van der Waals surface area contributed by atoms with Crippen LogP contribution < -0.4 is 4.74 Å². The first-order chi connectivity index (χ1) is 11.7. The third kappa shape index (κ3) is 3.26. The third-order valence-electron chi connectivity index (χ3n) is 3.46. The molecule has 0 fully saturated rings. The second kappa shape index (κ2) is 7.20. The molecule has 1 atom stereocenters. The van der Waals surface area contributed by atoms with E-state index in [1.807, 2.05) is 66.1 Å². The van der Waals surface area contributed by atoms with Crippen LogP contribution in [0.2, 0.25) is 0 Å². The molecule has 0 aliphatic rings. The average Bonchev–Trinajstić information content (AvgIpc) is 3.05. The Balaban J connectivity index is 2.12. The molecule has 0 saturated carbocycles. The molecule has 1 aromatic heterocycles. The Kier molecular flexibility index (Phi) is 4.82. The molecule has 0 bridgehead atoms. The number of thioether (sulfide) groups is 1. The summed E-state index contributed by atoms with van der Waals surface area (Å²) in [6.45, 7) is 1.85. The second-order valence-electron chi connectivity index (χ2n) is 5.09. The lowest BCUT2D eigenvalue weighted by Gasteiger charge is -2.11. The highest BCUT2D eigenvalue weighted by molar-refractivity contribution is 8.00. The van der Waals surface area contributed by atoms with Crippen molar-refractivity contribution in [1.82, 2.24) is 14.8 Å². The Morgan fingerprint density at radius 3 is 2.42 bits per heavy atom. The van der Waals surface area contributed by atoms with Crippen LogP contribution in [0.25, 0.3) is 17.1 Å². The zero-order valence-corrected chi connectivity index (χ0v) is 14.2. The van der Waals surface area contributed by atoms with Crippen LogP contribution in [-0.2, 0) is 0 Å². The van der Waals surface area contributed by atoms with Gasteiger partial charge in [0.25, 0.3) is 0 Å². The van der Waals surface area contributed by atoms with Crippen molar-refractivity contribution in [2.45, 2.75) is 17.3 Å². The van der Waals surface area contributed by atoms with Crippen molar-refractivity contribution in [2.75, 3.05) is 7.11 Å².